The van der Waals surface area contributed by atoms with Crippen LogP contribution < -0.4 is 0 Å². The average molecular weight is 283 g/mol. The van der Waals surface area contributed by atoms with Gasteiger partial charge in [0, 0.05) is 16.1 Å². The highest BCUT2D eigenvalue weighted by molar-refractivity contribution is 6.34. The van der Waals surface area contributed by atoms with Crippen molar-refractivity contribution in [2.45, 2.75) is 6.92 Å². The summed E-state index contributed by atoms with van der Waals surface area (Å²) >= 11 is 11.8. The third-order valence-electron chi connectivity index (χ3n) is 2.60. The summed E-state index contributed by atoms with van der Waals surface area (Å²) in [6, 6.07) is 9.31. The predicted molar refractivity (Wildman–Crippen MR) is 71.9 cm³/mol. The summed E-state index contributed by atoms with van der Waals surface area (Å²) in [5.41, 5.74) is 1.88. The van der Waals surface area contributed by atoms with Crippen LogP contribution in [0, 0.1) is 5.82 Å². The van der Waals surface area contributed by atoms with Crippen LogP contribution in [0.3, 0.4) is 0 Å². The molecular formula is C14H9Cl2FO. The van der Waals surface area contributed by atoms with Crippen molar-refractivity contribution >= 4 is 29.0 Å². The highest BCUT2D eigenvalue weighted by Crippen LogP contribution is 2.31. The fraction of sp³-hybridized carbons (Fsp3) is 0.0714. The van der Waals surface area contributed by atoms with Crippen LogP contribution in [0.15, 0.2) is 36.4 Å². The van der Waals surface area contributed by atoms with Gasteiger partial charge in [0.25, 0.3) is 0 Å². The molecule has 0 spiro atoms. The van der Waals surface area contributed by atoms with Gasteiger partial charge in [-0.2, -0.15) is 0 Å². The van der Waals surface area contributed by atoms with Crippen LogP contribution in [0.25, 0.3) is 11.1 Å². The molecule has 2 rings (SSSR count). The van der Waals surface area contributed by atoms with Gasteiger partial charge in [0.1, 0.15) is 5.82 Å². The maximum Gasteiger partial charge on any atom is 0.159 e. The highest BCUT2D eigenvalue weighted by Gasteiger charge is 2.09. The van der Waals surface area contributed by atoms with Gasteiger partial charge in [-0.15, -0.1) is 0 Å². The molecule has 0 radical (unpaired) electrons. The molecule has 0 aliphatic rings. The van der Waals surface area contributed by atoms with E-state index in [2.05, 4.69) is 0 Å². The minimum Gasteiger partial charge on any atom is -0.295 e. The lowest BCUT2D eigenvalue weighted by molar-refractivity contribution is 0.101. The Labute approximate surface area is 114 Å². The number of ketones is 1. The molecule has 0 bridgehead atoms. The van der Waals surface area contributed by atoms with E-state index >= 15 is 0 Å². The smallest absolute Gasteiger partial charge is 0.159 e. The summed E-state index contributed by atoms with van der Waals surface area (Å²) in [5, 5.41) is 0.513. The first-order valence-corrected chi connectivity index (χ1v) is 6.00. The van der Waals surface area contributed by atoms with Crippen molar-refractivity contribution in [2.24, 2.45) is 0 Å². The first kappa shape index (κ1) is 13.1. The van der Waals surface area contributed by atoms with Crippen molar-refractivity contribution in [1.29, 1.82) is 0 Å². The molecule has 1 nitrogen and oxygen atoms in total. The normalized spacial score (nSPS) is 10.4. The van der Waals surface area contributed by atoms with E-state index in [1.807, 2.05) is 0 Å². The van der Waals surface area contributed by atoms with Crippen molar-refractivity contribution < 1.29 is 9.18 Å². The summed E-state index contributed by atoms with van der Waals surface area (Å²) in [6.45, 7) is 1.48. The number of halogens is 3. The van der Waals surface area contributed by atoms with Gasteiger partial charge < -0.3 is 0 Å². The van der Waals surface area contributed by atoms with Crippen molar-refractivity contribution in [3.8, 4) is 11.1 Å². The maximum atomic E-state index is 13.1. The summed E-state index contributed by atoms with van der Waals surface area (Å²) in [7, 11) is 0. The summed E-state index contributed by atoms with van der Waals surface area (Å²) in [6.07, 6.45) is 0. The number of benzene rings is 2. The fourth-order valence-corrected chi connectivity index (χ4v) is 2.04. The lowest BCUT2D eigenvalue weighted by atomic mass is 10.0. The molecule has 92 valence electrons. The Hall–Kier alpha value is -1.38. The molecule has 0 saturated heterocycles. The second-order valence-electron chi connectivity index (χ2n) is 3.88. The second kappa shape index (κ2) is 5.09. The molecule has 0 aliphatic carbocycles. The van der Waals surface area contributed by atoms with Crippen LogP contribution >= 0.6 is 23.2 Å². The van der Waals surface area contributed by atoms with E-state index in [4.69, 9.17) is 23.2 Å². The zero-order valence-electron chi connectivity index (χ0n) is 9.51. The second-order valence-corrected chi connectivity index (χ2v) is 4.69. The van der Waals surface area contributed by atoms with Gasteiger partial charge in [-0.25, -0.2) is 4.39 Å². The molecule has 0 saturated carbocycles. The van der Waals surface area contributed by atoms with Gasteiger partial charge in [0.2, 0.25) is 0 Å². The van der Waals surface area contributed by atoms with Crippen LogP contribution in [0.1, 0.15) is 17.3 Å². The van der Waals surface area contributed by atoms with Gasteiger partial charge >= 0.3 is 0 Å². The third kappa shape index (κ3) is 2.55. The van der Waals surface area contributed by atoms with E-state index in [0.29, 0.717) is 21.7 Å². The molecule has 0 atom stereocenters. The Morgan fingerprint density at radius 3 is 2.39 bits per heavy atom. The molecular weight excluding hydrogens is 274 g/mol. The van der Waals surface area contributed by atoms with Gasteiger partial charge in [-0.05, 0) is 42.8 Å². The monoisotopic (exact) mass is 282 g/mol. The minimum atomic E-state index is -0.487. The average Bonchev–Trinajstić information content (AvgIpc) is 2.33. The van der Waals surface area contributed by atoms with Crippen LogP contribution in [-0.4, -0.2) is 5.78 Å². The number of hydrogen-bond acceptors (Lipinski definition) is 1. The number of hydrogen-bond donors (Lipinski definition) is 0. The zero-order chi connectivity index (χ0) is 13.3. The van der Waals surface area contributed by atoms with E-state index in [1.165, 1.54) is 19.1 Å². The maximum absolute atomic E-state index is 13.1. The number of Topliss-reactive ketones (excluding diaryl/α,β-unsaturated/α-hetero) is 1. The summed E-state index contributed by atoms with van der Waals surface area (Å²) in [4.78, 5) is 11.3. The molecule has 0 heterocycles. The van der Waals surface area contributed by atoms with Gasteiger partial charge in [-0.1, -0.05) is 29.3 Å². The quantitative estimate of drug-likeness (QED) is 0.709. The van der Waals surface area contributed by atoms with Crippen molar-refractivity contribution in [3.63, 3.8) is 0 Å². The topological polar surface area (TPSA) is 17.1 Å². The van der Waals surface area contributed by atoms with Crippen molar-refractivity contribution in [1.82, 2.24) is 0 Å². The summed E-state index contributed by atoms with van der Waals surface area (Å²) in [5.74, 6) is -0.541. The van der Waals surface area contributed by atoms with Gasteiger partial charge in [-0.3, -0.25) is 4.79 Å². The summed E-state index contributed by atoms with van der Waals surface area (Å²) < 4.78 is 13.1. The largest absolute Gasteiger partial charge is 0.295 e. The van der Waals surface area contributed by atoms with E-state index < -0.39 is 5.82 Å². The molecule has 0 aromatic heterocycles. The highest BCUT2D eigenvalue weighted by atomic mass is 35.5. The first-order valence-electron chi connectivity index (χ1n) is 5.25. The predicted octanol–water partition coefficient (Wildman–Crippen LogP) is 5.00. The Morgan fingerprint density at radius 2 is 1.78 bits per heavy atom. The van der Waals surface area contributed by atoms with Crippen LogP contribution in [-0.2, 0) is 0 Å². The van der Waals surface area contributed by atoms with Gasteiger partial charge in [0.05, 0.1) is 5.02 Å². The van der Waals surface area contributed by atoms with E-state index in [0.717, 1.165) is 0 Å². The molecule has 2 aromatic carbocycles. The van der Waals surface area contributed by atoms with Crippen molar-refractivity contribution in [3.05, 3.63) is 57.8 Å². The molecule has 0 unspecified atom stereocenters. The zero-order valence-corrected chi connectivity index (χ0v) is 11.0. The number of carbonyl (C=O) groups is 1. The van der Waals surface area contributed by atoms with E-state index in [1.54, 1.807) is 24.3 Å². The van der Waals surface area contributed by atoms with Crippen LogP contribution in [0.5, 0.6) is 0 Å². The van der Waals surface area contributed by atoms with Gasteiger partial charge in [0.15, 0.2) is 5.78 Å². The molecule has 0 fully saturated rings. The minimum absolute atomic E-state index is 0.0248. The number of carbonyl (C=O) groups excluding carboxylic acids is 1. The molecule has 0 aliphatic heterocycles. The fourth-order valence-electron chi connectivity index (χ4n) is 1.63. The molecule has 0 N–H and O–H groups in total. The van der Waals surface area contributed by atoms with Crippen molar-refractivity contribution in [2.75, 3.05) is 0 Å². The Kier molecular flexibility index (Phi) is 3.69. The third-order valence-corrected chi connectivity index (χ3v) is 3.22. The first-order chi connectivity index (χ1) is 8.49. The van der Waals surface area contributed by atoms with Crippen LogP contribution in [0.2, 0.25) is 10.0 Å². The Bertz CT molecular complexity index is 623. The molecule has 2 aromatic rings. The SMILES string of the molecule is CC(=O)c1ccc(Cl)c(-c2ccc(F)c(Cl)c2)c1. The molecule has 18 heavy (non-hydrogen) atoms. The lowest BCUT2D eigenvalue weighted by Gasteiger charge is -2.07. The molecule has 0 amide bonds. The standard InChI is InChI=1S/C14H9Cl2FO/c1-8(18)9-2-4-12(15)11(6-9)10-3-5-14(17)13(16)7-10/h2-7H,1H3. The number of rotatable bonds is 2. The Balaban J connectivity index is 2.58. The van der Waals surface area contributed by atoms with E-state index in [-0.39, 0.29) is 10.8 Å². The Morgan fingerprint density at radius 1 is 1.06 bits per heavy atom. The molecule has 4 heteroatoms. The lowest BCUT2D eigenvalue weighted by Crippen LogP contribution is -1.93. The van der Waals surface area contributed by atoms with E-state index in [9.17, 15) is 9.18 Å². The van der Waals surface area contributed by atoms with Crippen LogP contribution in [0.4, 0.5) is 4.39 Å².